The summed E-state index contributed by atoms with van der Waals surface area (Å²) in [6.07, 6.45) is 0. The van der Waals surface area contributed by atoms with Crippen molar-refractivity contribution in [3.05, 3.63) is 28.2 Å². The number of hydrogen-bond acceptors (Lipinski definition) is 4. The molecule has 0 amide bonds. The van der Waals surface area contributed by atoms with Crippen molar-refractivity contribution in [1.29, 1.82) is 5.26 Å². The number of carboxylic acids is 1. The smallest absolute Gasteiger partial charge is 0.323 e. The minimum absolute atomic E-state index is 0.126. The van der Waals surface area contributed by atoms with E-state index in [1.807, 2.05) is 19.0 Å². The second-order valence-electron chi connectivity index (χ2n) is 4.36. The number of rotatable bonds is 6. The zero-order valence-corrected chi connectivity index (χ0v) is 12.5. The Morgan fingerprint density at radius 1 is 1.42 bits per heavy atom. The lowest BCUT2D eigenvalue weighted by molar-refractivity contribution is -0.135. The Morgan fingerprint density at radius 2 is 2.11 bits per heavy atom. The van der Waals surface area contributed by atoms with Gasteiger partial charge in [-0.3, -0.25) is 4.79 Å². The number of benzene rings is 1. The van der Waals surface area contributed by atoms with Gasteiger partial charge in [-0.2, -0.15) is 5.26 Å². The van der Waals surface area contributed by atoms with Crippen LogP contribution in [0.15, 0.2) is 22.7 Å². The lowest BCUT2D eigenvalue weighted by Crippen LogP contribution is -2.36. The van der Waals surface area contributed by atoms with Gasteiger partial charge in [-0.1, -0.05) is 6.07 Å². The van der Waals surface area contributed by atoms with E-state index >= 15 is 0 Å². The van der Waals surface area contributed by atoms with Crippen molar-refractivity contribution in [2.24, 2.45) is 0 Å². The summed E-state index contributed by atoms with van der Waals surface area (Å²) in [5, 5.41) is 18.2. The molecule has 1 N–H and O–H groups in total. The van der Waals surface area contributed by atoms with Crippen LogP contribution < -0.4 is 4.90 Å². The van der Waals surface area contributed by atoms with Gasteiger partial charge in [0.1, 0.15) is 12.6 Å². The molecular weight excluding hydrogens is 310 g/mol. The lowest BCUT2D eigenvalue weighted by atomic mass is 10.1. The topological polar surface area (TPSA) is 67.6 Å². The highest BCUT2D eigenvalue weighted by molar-refractivity contribution is 9.10. The normalized spacial score (nSPS) is 10.3. The van der Waals surface area contributed by atoms with Crippen LogP contribution in [0.3, 0.4) is 0 Å². The van der Waals surface area contributed by atoms with Crippen molar-refractivity contribution in [1.82, 2.24) is 4.90 Å². The number of anilines is 1. The summed E-state index contributed by atoms with van der Waals surface area (Å²) in [6.45, 7) is 1.13. The Balaban J connectivity index is 3.06. The monoisotopic (exact) mass is 325 g/mol. The van der Waals surface area contributed by atoms with E-state index in [9.17, 15) is 10.1 Å². The zero-order valence-electron chi connectivity index (χ0n) is 10.9. The maximum absolute atomic E-state index is 11.0. The Hall–Kier alpha value is -1.58. The standard InChI is InChI=1S/C13H16BrN3O2/c1-16(2)6-7-17(9-13(18)19)12-5-3-4-11(14)10(12)8-15/h3-5H,6-7,9H2,1-2H3,(H,18,19). The number of halogens is 1. The number of aliphatic carboxylic acids is 1. The average molecular weight is 326 g/mol. The van der Waals surface area contributed by atoms with Gasteiger partial charge in [-0.05, 0) is 42.2 Å². The molecule has 19 heavy (non-hydrogen) atoms. The van der Waals surface area contributed by atoms with E-state index in [1.54, 1.807) is 23.1 Å². The Kier molecular flexibility index (Phi) is 5.80. The molecule has 0 bridgehead atoms. The highest BCUT2D eigenvalue weighted by Gasteiger charge is 2.16. The van der Waals surface area contributed by atoms with Crippen LogP contribution in [0.25, 0.3) is 0 Å². The summed E-state index contributed by atoms with van der Waals surface area (Å²) in [7, 11) is 3.84. The van der Waals surface area contributed by atoms with Gasteiger partial charge in [0.2, 0.25) is 0 Å². The van der Waals surface area contributed by atoms with Crippen LogP contribution in [0, 0.1) is 11.3 Å². The van der Waals surface area contributed by atoms with Gasteiger partial charge < -0.3 is 14.9 Å². The maximum atomic E-state index is 11.0. The molecule has 0 fully saturated rings. The summed E-state index contributed by atoms with van der Waals surface area (Å²) in [5.74, 6) is -0.914. The molecule has 0 aliphatic rings. The van der Waals surface area contributed by atoms with Crippen LogP contribution in [0.5, 0.6) is 0 Å². The SMILES string of the molecule is CN(C)CCN(CC(=O)O)c1cccc(Br)c1C#N. The quantitative estimate of drug-likeness (QED) is 0.863. The van der Waals surface area contributed by atoms with Crippen LogP contribution >= 0.6 is 15.9 Å². The fraction of sp³-hybridized carbons (Fsp3) is 0.385. The third kappa shape index (κ3) is 4.54. The third-order valence-electron chi connectivity index (χ3n) is 2.59. The average Bonchev–Trinajstić information content (AvgIpc) is 2.33. The van der Waals surface area contributed by atoms with Crippen LogP contribution in [0.4, 0.5) is 5.69 Å². The maximum Gasteiger partial charge on any atom is 0.323 e. The lowest BCUT2D eigenvalue weighted by Gasteiger charge is -2.25. The molecule has 0 unspecified atom stereocenters. The number of nitrogens with zero attached hydrogens (tertiary/aromatic N) is 3. The first kappa shape index (κ1) is 15.5. The minimum atomic E-state index is -0.914. The first-order valence-electron chi connectivity index (χ1n) is 5.75. The molecule has 0 radical (unpaired) electrons. The molecule has 0 spiro atoms. The number of nitriles is 1. The number of likely N-dealkylation sites (N-methyl/N-ethyl adjacent to an activating group) is 1. The van der Waals surface area contributed by atoms with Gasteiger partial charge in [0, 0.05) is 17.6 Å². The van der Waals surface area contributed by atoms with Crippen molar-refractivity contribution in [3.63, 3.8) is 0 Å². The molecule has 0 saturated heterocycles. The molecular formula is C13H16BrN3O2. The largest absolute Gasteiger partial charge is 0.480 e. The molecule has 6 heteroatoms. The molecule has 0 atom stereocenters. The van der Waals surface area contributed by atoms with E-state index in [1.165, 1.54) is 0 Å². The molecule has 1 aromatic carbocycles. The van der Waals surface area contributed by atoms with Crippen molar-refractivity contribution in [2.75, 3.05) is 38.6 Å². The highest BCUT2D eigenvalue weighted by atomic mass is 79.9. The zero-order chi connectivity index (χ0) is 14.4. The van der Waals surface area contributed by atoms with Gasteiger partial charge in [0.25, 0.3) is 0 Å². The van der Waals surface area contributed by atoms with E-state index in [4.69, 9.17) is 5.11 Å². The van der Waals surface area contributed by atoms with Crippen molar-refractivity contribution in [2.45, 2.75) is 0 Å². The van der Waals surface area contributed by atoms with E-state index < -0.39 is 5.97 Å². The first-order chi connectivity index (χ1) is 8.95. The fourth-order valence-electron chi connectivity index (χ4n) is 1.66. The number of carbonyl (C=O) groups is 1. The molecule has 1 rings (SSSR count). The predicted molar refractivity (Wildman–Crippen MR) is 77.3 cm³/mol. The molecule has 102 valence electrons. The molecule has 0 heterocycles. The highest BCUT2D eigenvalue weighted by Crippen LogP contribution is 2.26. The fourth-order valence-corrected chi connectivity index (χ4v) is 2.10. The Bertz CT molecular complexity index is 497. The summed E-state index contributed by atoms with van der Waals surface area (Å²) in [4.78, 5) is 14.6. The van der Waals surface area contributed by atoms with E-state index in [0.717, 1.165) is 0 Å². The molecule has 0 aliphatic carbocycles. The van der Waals surface area contributed by atoms with Crippen LogP contribution in [0.2, 0.25) is 0 Å². The van der Waals surface area contributed by atoms with Crippen LogP contribution in [0.1, 0.15) is 5.56 Å². The van der Waals surface area contributed by atoms with Crippen LogP contribution in [-0.4, -0.2) is 49.7 Å². The third-order valence-corrected chi connectivity index (χ3v) is 3.25. The second kappa shape index (κ2) is 7.12. The molecule has 0 aromatic heterocycles. The van der Waals surface area contributed by atoms with Crippen LogP contribution in [-0.2, 0) is 4.79 Å². The Morgan fingerprint density at radius 3 is 2.63 bits per heavy atom. The van der Waals surface area contributed by atoms with E-state index in [-0.39, 0.29) is 6.54 Å². The van der Waals surface area contributed by atoms with Gasteiger partial charge >= 0.3 is 5.97 Å². The van der Waals surface area contributed by atoms with Gasteiger partial charge in [0.05, 0.1) is 11.3 Å². The van der Waals surface area contributed by atoms with Gasteiger partial charge in [-0.25, -0.2) is 0 Å². The molecule has 5 nitrogen and oxygen atoms in total. The summed E-state index contributed by atoms with van der Waals surface area (Å²) in [6, 6.07) is 7.44. The summed E-state index contributed by atoms with van der Waals surface area (Å²) < 4.78 is 0.674. The molecule has 0 saturated carbocycles. The minimum Gasteiger partial charge on any atom is -0.480 e. The van der Waals surface area contributed by atoms with Gasteiger partial charge in [0.15, 0.2) is 0 Å². The number of carboxylic acid groups (broad SMARTS) is 1. The Labute approximate surface area is 121 Å². The number of hydrogen-bond donors (Lipinski definition) is 1. The summed E-state index contributed by atoms with van der Waals surface area (Å²) >= 11 is 3.31. The van der Waals surface area contributed by atoms with Crippen molar-refractivity contribution < 1.29 is 9.90 Å². The van der Waals surface area contributed by atoms with Gasteiger partial charge in [-0.15, -0.1) is 0 Å². The predicted octanol–water partition coefficient (Wildman–Crippen LogP) is 1.77. The van der Waals surface area contributed by atoms with E-state index in [2.05, 4.69) is 22.0 Å². The molecule has 0 aliphatic heterocycles. The summed E-state index contributed by atoms with van der Waals surface area (Å²) in [5.41, 5.74) is 1.10. The van der Waals surface area contributed by atoms with Crippen molar-refractivity contribution >= 4 is 27.6 Å². The van der Waals surface area contributed by atoms with E-state index in [0.29, 0.717) is 28.8 Å². The van der Waals surface area contributed by atoms with Crippen molar-refractivity contribution in [3.8, 4) is 6.07 Å². The first-order valence-corrected chi connectivity index (χ1v) is 6.55. The molecule has 1 aromatic rings. The second-order valence-corrected chi connectivity index (χ2v) is 5.22.